The first-order valence-corrected chi connectivity index (χ1v) is 9.99. The molecule has 2 heteroatoms. The molecule has 0 bridgehead atoms. The van der Waals surface area contributed by atoms with Crippen LogP contribution in [0.15, 0.2) is 36.9 Å². The van der Waals surface area contributed by atoms with Crippen molar-refractivity contribution in [3.8, 4) is 0 Å². The fourth-order valence-corrected chi connectivity index (χ4v) is 4.56. The number of hydrogen-bond donors (Lipinski definition) is 0. The minimum absolute atomic E-state index is 0.542. The third-order valence-electron chi connectivity index (χ3n) is 5.02. The van der Waals surface area contributed by atoms with Crippen molar-refractivity contribution in [2.45, 2.75) is 58.3 Å². The number of likely N-dealkylation sites (tertiary alicyclic amines) is 1. The predicted octanol–water partition coefficient (Wildman–Crippen LogP) is 4.86. The number of benzene rings is 1. The Balaban J connectivity index is 2.25. The summed E-state index contributed by atoms with van der Waals surface area (Å²) in [6.45, 7) is 10.9. The number of unbranched alkanes of at least 4 members (excludes halogenated alkanes) is 1. The molecular weight excluding hydrogens is 345 g/mol. The Labute approximate surface area is 150 Å². The van der Waals surface area contributed by atoms with Gasteiger partial charge in [-0.15, -0.1) is 0 Å². The average Bonchev–Trinajstić information content (AvgIpc) is 3.09. The Hall–Kier alpha value is -0.851. The molecule has 23 heavy (non-hydrogen) atoms. The number of aryl methyl sites for hydroxylation is 1. The minimum atomic E-state index is 0.542. The summed E-state index contributed by atoms with van der Waals surface area (Å²) < 4.78 is 1.46. The molecule has 1 nitrogen and oxygen atoms in total. The summed E-state index contributed by atoms with van der Waals surface area (Å²) in [6.07, 6.45) is 9.63. The quantitative estimate of drug-likeness (QED) is 0.440. The van der Waals surface area contributed by atoms with Gasteiger partial charge < -0.3 is 0 Å². The van der Waals surface area contributed by atoms with E-state index in [0.717, 1.165) is 6.42 Å². The summed E-state index contributed by atoms with van der Waals surface area (Å²) in [7, 11) is 0. The van der Waals surface area contributed by atoms with Crippen LogP contribution in [0, 0.1) is 12.8 Å². The second kappa shape index (κ2) is 9.45. The van der Waals surface area contributed by atoms with Crippen LogP contribution in [0.5, 0.6) is 0 Å². The van der Waals surface area contributed by atoms with E-state index in [9.17, 15) is 0 Å². The first-order valence-electron chi connectivity index (χ1n) is 9.13. The fourth-order valence-electron chi connectivity index (χ4n) is 3.63. The summed E-state index contributed by atoms with van der Waals surface area (Å²) in [5, 5.41) is 0. The molecule has 0 aromatic heterocycles. The van der Waals surface area contributed by atoms with Crippen molar-refractivity contribution >= 4 is 20.1 Å². The van der Waals surface area contributed by atoms with Crippen molar-refractivity contribution in [3.05, 3.63) is 48.0 Å². The third kappa shape index (κ3) is 5.06. The van der Waals surface area contributed by atoms with Crippen LogP contribution in [0.2, 0.25) is 0 Å². The van der Waals surface area contributed by atoms with E-state index in [1.54, 1.807) is 0 Å². The van der Waals surface area contributed by atoms with Gasteiger partial charge in [0.1, 0.15) is 0 Å². The summed E-state index contributed by atoms with van der Waals surface area (Å²) in [5.74, 6) is 1.13. The molecule has 0 N–H and O–H groups in total. The summed E-state index contributed by atoms with van der Waals surface area (Å²) in [5.41, 5.74) is 2.83. The average molecular weight is 376 g/mol. The second-order valence-electron chi connectivity index (χ2n) is 6.82. The molecule has 0 amide bonds. The van der Waals surface area contributed by atoms with Gasteiger partial charge in [0, 0.05) is 0 Å². The van der Waals surface area contributed by atoms with E-state index >= 15 is 0 Å². The standard InChI is InChI=1S/C21H31NSe/c1-4-6-10-19(18-13-11-17(3)12-14-18)20(9-5-2)21(23)22-15-7-8-16-22/h5,11-14,19-20H,2,4,6-10,15-16H2,1,3H3. The normalized spacial score (nSPS) is 17.0. The Kier molecular flexibility index (Phi) is 7.59. The number of hydrogen-bond acceptors (Lipinski definition) is 1. The van der Waals surface area contributed by atoms with Gasteiger partial charge in [0.15, 0.2) is 0 Å². The molecule has 0 aliphatic carbocycles. The van der Waals surface area contributed by atoms with Crippen molar-refractivity contribution in [1.29, 1.82) is 0 Å². The zero-order valence-electron chi connectivity index (χ0n) is 14.8. The van der Waals surface area contributed by atoms with Gasteiger partial charge in [0.25, 0.3) is 0 Å². The molecule has 1 heterocycles. The van der Waals surface area contributed by atoms with E-state index < -0.39 is 0 Å². The molecule has 1 saturated heterocycles. The Morgan fingerprint density at radius 2 is 1.91 bits per heavy atom. The first kappa shape index (κ1) is 18.5. The van der Waals surface area contributed by atoms with Crippen LogP contribution >= 0.6 is 0 Å². The van der Waals surface area contributed by atoms with Crippen LogP contribution in [0.4, 0.5) is 0 Å². The van der Waals surface area contributed by atoms with Crippen molar-refractivity contribution < 1.29 is 0 Å². The summed E-state index contributed by atoms with van der Waals surface area (Å²) in [4.78, 5) is 2.57. The summed E-state index contributed by atoms with van der Waals surface area (Å²) in [6, 6.07) is 9.19. The van der Waals surface area contributed by atoms with E-state index in [-0.39, 0.29) is 0 Å². The topological polar surface area (TPSA) is 3.24 Å². The molecule has 1 aromatic rings. The molecular formula is C21H31NSe. The van der Waals surface area contributed by atoms with Crippen molar-refractivity contribution in [2.24, 2.45) is 5.92 Å². The van der Waals surface area contributed by atoms with Gasteiger partial charge in [-0.1, -0.05) is 0 Å². The maximum absolute atomic E-state index is 4.03. The SMILES string of the molecule is C=CCC(C(=[Se])N1CCCC1)C(CCCC)c1ccc(C)cc1. The maximum atomic E-state index is 4.03. The van der Waals surface area contributed by atoms with E-state index in [1.165, 1.54) is 60.9 Å². The van der Waals surface area contributed by atoms with Crippen molar-refractivity contribution in [1.82, 2.24) is 4.90 Å². The van der Waals surface area contributed by atoms with Gasteiger partial charge in [-0.05, 0) is 0 Å². The zero-order chi connectivity index (χ0) is 16.7. The van der Waals surface area contributed by atoms with E-state index in [1.807, 2.05) is 0 Å². The van der Waals surface area contributed by atoms with Crippen LogP contribution in [-0.4, -0.2) is 38.1 Å². The third-order valence-corrected chi connectivity index (χ3v) is 6.19. The predicted molar refractivity (Wildman–Crippen MR) is 103 cm³/mol. The molecule has 1 aromatic carbocycles. The molecule has 0 saturated carbocycles. The monoisotopic (exact) mass is 377 g/mol. The van der Waals surface area contributed by atoms with Crippen LogP contribution in [0.3, 0.4) is 0 Å². The van der Waals surface area contributed by atoms with Gasteiger partial charge in [-0.2, -0.15) is 0 Å². The van der Waals surface area contributed by atoms with Crippen LogP contribution < -0.4 is 0 Å². The Morgan fingerprint density at radius 1 is 1.26 bits per heavy atom. The van der Waals surface area contributed by atoms with Gasteiger partial charge in [-0.3, -0.25) is 0 Å². The molecule has 2 unspecified atom stereocenters. The van der Waals surface area contributed by atoms with Gasteiger partial charge in [0.05, 0.1) is 0 Å². The zero-order valence-corrected chi connectivity index (χ0v) is 16.5. The molecule has 0 radical (unpaired) electrons. The molecule has 1 fully saturated rings. The van der Waals surface area contributed by atoms with Gasteiger partial charge >= 0.3 is 150 Å². The summed E-state index contributed by atoms with van der Waals surface area (Å²) >= 11 is 3.44. The van der Waals surface area contributed by atoms with Gasteiger partial charge in [-0.25, -0.2) is 0 Å². The van der Waals surface area contributed by atoms with Gasteiger partial charge in [0.2, 0.25) is 0 Å². The second-order valence-corrected chi connectivity index (χ2v) is 7.70. The van der Waals surface area contributed by atoms with Crippen LogP contribution in [0.1, 0.15) is 62.5 Å². The number of rotatable bonds is 9. The van der Waals surface area contributed by atoms with E-state index in [4.69, 9.17) is 0 Å². The first-order chi connectivity index (χ1) is 11.2. The Morgan fingerprint density at radius 3 is 2.48 bits per heavy atom. The van der Waals surface area contributed by atoms with Crippen molar-refractivity contribution in [3.63, 3.8) is 0 Å². The van der Waals surface area contributed by atoms with E-state index in [0.29, 0.717) is 11.8 Å². The Bertz CT molecular complexity index is 499. The van der Waals surface area contributed by atoms with Crippen LogP contribution in [0.25, 0.3) is 0 Å². The molecule has 0 spiro atoms. The molecule has 1 aliphatic heterocycles. The molecule has 126 valence electrons. The molecule has 1 aliphatic rings. The molecule has 2 rings (SSSR count). The fraction of sp³-hybridized carbons (Fsp3) is 0.571. The molecule has 2 atom stereocenters. The van der Waals surface area contributed by atoms with Crippen LogP contribution in [-0.2, 0) is 0 Å². The number of allylic oxidation sites excluding steroid dienone is 1. The number of nitrogens with zero attached hydrogens (tertiary/aromatic N) is 1. The van der Waals surface area contributed by atoms with E-state index in [2.05, 4.69) is 71.2 Å². The van der Waals surface area contributed by atoms with Crippen molar-refractivity contribution in [2.75, 3.05) is 13.1 Å².